The van der Waals surface area contributed by atoms with Crippen LogP contribution < -0.4 is 5.32 Å². The van der Waals surface area contributed by atoms with Crippen LogP contribution in [0.3, 0.4) is 0 Å². The Labute approximate surface area is 88.4 Å². The molecule has 0 radical (unpaired) electrons. The predicted octanol–water partition coefficient (Wildman–Crippen LogP) is 1.88. The molecule has 3 rings (SSSR count). The minimum Gasteiger partial charge on any atom is -0.447 e. The molecule has 0 bridgehead atoms. The van der Waals surface area contributed by atoms with Gasteiger partial charge in [-0.25, -0.2) is 4.79 Å². The maximum absolute atomic E-state index is 11.2. The number of carbonyl (C=O) groups excluding carboxylic acids is 1. The van der Waals surface area contributed by atoms with E-state index in [4.69, 9.17) is 4.74 Å². The summed E-state index contributed by atoms with van der Waals surface area (Å²) in [5.74, 6) is 0. The molecule has 1 saturated heterocycles. The minimum atomic E-state index is -0.288. The Bertz CT molecular complexity index is 441. The molecule has 15 heavy (non-hydrogen) atoms. The number of hydrogen-bond acceptors (Lipinski definition) is 2. The summed E-state index contributed by atoms with van der Waals surface area (Å²) in [4.78, 5) is 11.2. The topological polar surface area (TPSA) is 38.3 Å². The molecule has 1 aromatic carbocycles. The number of ether oxygens (including phenoxy) is 1. The molecule has 1 amide bonds. The van der Waals surface area contributed by atoms with Crippen molar-refractivity contribution in [3.05, 3.63) is 34.9 Å². The Kier molecular flexibility index (Phi) is 1.61. The summed E-state index contributed by atoms with van der Waals surface area (Å²) in [6, 6.07) is 6.44. The van der Waals surface area contributed by atoms with Gasteiger partial charge in [0.05, 0.1) is 0 Å². The molecule has 3 nitrogen and oxygen atoms in total. The van der Waals surface area contributed by atoms with Crippen LogP contribution in [0.4, 0.5) is 4.79 Å². The highest BCUT2D eigenvalue weighted by Crippen LogP contribution is 2.39. The lowest BCUT2D eigenvalue weighted by Gasteiger charge is -2.21. The molecule has 1 N–H and O–H groups in total. The lowest BCUT2D eigenvalue weighted by Crippen LogP contribution is -2.38. The van der Waals surface area contributed by atoms with Crippen molar-refractivity contribution in [3.8, 4) is 0 Å². The molecule has 1 aromatic rings. The Morgan fingerprint density at radius 3 is 3.07 bits per heavy atom. The Morgan fingerprint density at radius 2 is 2.33 bits per heavy atom. The fraction of sp³-hybridized carbons (Fsp3) is 0.417. The van der Waals surface area contributed by atoms with Crippen molar-refractivity contribution < 1.29 is 9.53 Å². The first-order chi connectivity index (χ1) is 7.20. The molecular formula is C12H13NO2. The Morgan fingerprint density at radius 1 is 1.47 bits per heavy atom. The second kappa shape index (κ2) is 2.75. The minimum absolute atomic E-state index is 0.238. The SMILES string of the molecule is Cc1ccc2c(c1)C1(CC2)COC(=O)N1. The van der Waals surface area contributed by atoms with E-state index in [0.717, 1.165) is 12.8 Å². The molecule has 3 heteroatoms. The van der Waals surface area contributed by atoms with Gasteiger partial charge in [0.25, 0.3) is 0 Å². The smallest absolute Gasteiger partial charge is 0.408 e. The van der Waals surface area contributed by atoms with Gasteiger partial charge in [0.15, 0.2) is 0 Å². The molecular weight excluding hydrogens is 190 g/mol. The van der Waals surface area contributed by atoms with E-state index in [1.54, 1.807) is 0 Å². The monoisotopic (exact) mass is 203 g/mol. The van der Waals surface area contributed by atoms with Crippen LogP contribution in [0.5, 0.6) is 0 Å². The number of aryl methyl sites for hydroxylation is 2. The second-order valence-electron chi connectivity index (χ2n) is 4.44. The van der Waals surface area contributed by atoms with E-state index < -0.39 is 0 Å². The average Bonchev–Trinajstić information content (AvgIpc) is 2.74. The first-order valence-electron chi connectivity index (χ1n) is 5.25. The van der Waals surface area contributed by atoms with Gasteiger partial charge in [-0.05, 0) is 30.9 Å². The number of carbonyl (C=O) groups is 1. The van der Waals surface area contributed by atoms with Crippen LogP contribution >= 0.6 is 0 Å². The third-order valence-corrected chi connectivity index (χ3v) is 3.39. The van der Waals surface area contributed by atoms with Crippen LogP contribution in [0.1, 0.15) is 23.1 Å². The van der Waals surface area contributed by atoms with E-state index in [0.29, 0.717) is 6.61 Å². The summed E-state index contributed by atoms with van der Waals surface area (Å²) < 4.78 is 5.04. The van der Waals surface area contributed by atoms with Crippen molar-refractivity contribution in [1.82, 2.24) is 5.32 Å². The largest absolute Gasteiger partial charge is 0.447 e. The highest BCUT2D eigenvalue weighted by atomic mass is 16.6. The van der Waals surface area contributed by atoms with Gasteiger partial charge in [-0.15, -0.1) is 0 Å². The van der Waals surface area contributed by atoms with Crippen LogP contribution in [-0.2, 0) is 16.7 Å². The second-order valence-corrected chi connectivity index (χ2v) is 4.44. The van der Waals surface area contributed by atoms with Crippen LogP contribution in [-0.4, -0.2) is 12.7 Å². The Hall–Kier alpha value is -1.51. The molecule has 1 unspecified atom stereocenters. The molecule has 1 heterocycles. The molecule has 0 saturated carbocycles. The highest BCUT2D eigenvalue weighted by Gasteiger charge is 2.45. The van der Waals surface area contributed by atoms with Crippen LogP contribution in [0, 0.1) is 6.92 Å². The maximum atomic E-state index is 11.2. The van der Waals surface area contributed by atoms with Gasteiger partial charge < -0.3 is 10.1 Å². The normalized spacial score (nSPS) is 27.7. The van der Waals surface area contributed by atoms with Gasteiger partial charge in [-0.2, -0.15) is 0 Å². The van der Waals surface area contributed by atoms with E-state index >= 15 is 0 Å². The van der Waals surface area contributed by atoms with Crippen molar-refractivity contribution in [2.75, 3.05) is 6.61 Å². The molecule has 1 atom stereocenters. The fourth-order valence-electron chi connectivity index (χ4n) is 2.57. The van der Waals surface area contributed by atoms with Gasteiger partial charge in [0, 0.05) is 0 Å². The molecule has 1 spiro atoms. The molecule has 1 fully saturated rings. The molecule has 0 aromatic heterocycles. The quantitative estimate of drug-likeness (QED) is 0.699. The Balaban J connectivity index is 2.10. The van der Waals surface area contributed by atoms with E-state index in [9.17, 15) is 4.79 Å². The lowest BCUT2D eigenvalue weighted by atomic mass is 9.92. The number of alkyl carbamates (subject to hydrolysis) is 1. The van der Waals surface area contributed by atoms with Crippen molar-refractivity contribution >= 4 is 6.09 Å². The third kappa shape index (κ3) is 1.16. The molecule has 2 aliphatic rings. The highest BCUT2D eigenvalue weighted by molar-refractivity contribution is 5.72. The van der Waals surface area contributed by atoms with Gasteiger partial charge in [-0.3, -0.25) is 0 Å². The van der Waals surface area contributed by atoms with Gasteiger partial charge in [0.1, 0.15) is 12.1 Å². The van der Waals surface area contributed by atoms with Gasteiger partial charge >= 0.3 is 6.09 Å². The fourth-order valence-corrected chi connectivity index (χ4v) is 2.57. The van der Waals surface area contributed by atoms with E-state index in [1.807, 2.05) is 0 Å². The maximum Gasteiger partial charge on any atom is 0.408 e. The molecule has 78 valence electrons. The zero-order valence-corrected chi connectivity index (χ0v) is 8.67. The standard InChI is InChI=1S/C12H13NO2/c1-8-2-3-9-4-5-12(10(9)6-8)7-15-11(14)13-12/h2-3,6H,4-5,7H2,1H3,(H,13,14). The van der Waals surface area contributed by atoms with Gasteiger partial charge in [0.2, 0.25) is 0 Å². The van der Waals surface area contributed by atoms with E-state index in [1.165, 1.54) is 16.7 Å². The van der Waals surface area contributed by atoms with Crippen molar-refractivity contribution in [3.63, 3.8) is 0 Å². The lowest BCUT2D eigenvalue weighted by molar-refractivity contribution is 0.172. The number of cyclic esters (lactones) is 1. The zero-order chi connectivity index (χ0) is 10.5. The summed E-state index contributed by atoms with van der Waals surface area (Å²) in [6.45, 7) is 2.55. The van der Waals surface area contributed by atoms with E-state index in [2.05, 4.69) is 30.4 Å². The predicted molar refractivity (Wildman–Crippen MR) is 55.7 cm³/mol. The van der Waals surface area contributed by atoms with Crippen LogP contribution in [0.15, 0.2) is 18.2 Å². The van der Waals surface area contributed by atoms with Crippen molar-refractivity contribution in [2.45, 2.75) is 25.3 Å². The average molecular weight is 203 g/mol. The third-order valence-electron chi connectivity index (χ3n) is 3.39. The summed E-state index contributed by atoms with van der Waals surface area (Å²) in [5.41, 5.74) is 3.58. The summed E-state index contributed by atoms with van der Waals surface area (Å²) >= 11 is 0. The number of fused-ring (bicyclic) bond motifs is 2. The first kappa shape index (κ1) is 8.77. The summed E-state index contributed by atoms with van der Waals surface area (Å²) in [6.07, 6.45) is 1.70. The first-order valence-corrected chi connectivity index (χ1v) is 5.25. The number of nitrogens with one attached hydrogen (secondary N) is 1. The number of rotatable bonds is 0. The van der Waals surface area contributed by atoms with E-state index in [-0.39, 0.29) is 11.6 Å². The number of hydrogen-bond donors (Lipinski definition) is 1. The zero-order valence-electron chi connectivity index (χ0n) is 8.67. The van der Waals surface area contributed by atoms with Crippen LogP contribution in [0.25, 0.3) is 0 Å². The summed E-state index contributed by atoms with van der Waals surface area (Å²) in [5, 5.41) is 2.95. The van der Waals surface area contributed by atoms with Crippen molar-refractivity contribution in [1.29, 1.82) is 0 Å². The number of benzene rings is 1. The summed E-state index contributed by atoms with van der Waals surface area (Å²) in [7, 11) is 0. The molecule has 1 aliphatic heterocycles. The van der Waals surface area contributed by atoms with Crippen molar-refractivity contribution in [2.24, 2.45) is 0 Å². The van der Waals surface area contributed by atoms with Crippen LogP contribution in [0.2, 0.25) is 0 Å². The van der Waals surface area contributed by atoms with Gasteiger partial charge in [-0.1, -0.05) is 23.8 Å². The molecule has 1 aliphatic carbocycles. The number of amides is 1.